The van der Waals surface area contributed by atoms with Gasteiger partial charge in [0.15, 0.2) is 0 Å². The van der Waals surface area contributed by atoms with Gasteiger partial charge >= 0.3 is 0 Å². The van der Waals surface area contributed by atoms with Crippen LogP contribution in [0, 0.1) is 13.8 Å². The number of methoxy groups -OCH3 is 1. The summed E-state index contributed by atoms with van der Waals surface area (Å²) in [5, 5.41) is 0. The zero-order chi connectivity index (χ0) is 14.5. The molecule has 1 amide bonds. The van der Waals surface area contributed by atoms with Crippen LogP contribution in [0.4, 0.5) is 0 Å². The molecule has 0 unspecified atom stereocenters. The lowest BCUT2D eigenvalue weighted by Gasteiger charge is -2.21. The number of hydrogen-bond acceptors (Lipinski definition) is 2. The van der Waals surface area contributed by atoms with Gasteiger partial charge in [0.2, 0.25) is 5.91 Å². The molecule has 0 aliphatic carbocycles. The van der Waals surface area contributed by atoms with Gasteiger partial charge in [-0.1, -0.05) is 18.9 Å². The molecule has 0 spiro atoms. The second kappa shape index (κ2) is 6.78. The Kier molecular flexibility index (Phi) is 5.05. The Morgan fingerprint density at radius 3 is 2.35 bits per heavy atom. The highest BCUT2D eigenvalue weighted by atomic mass is 16.5. The second-order valence-corrected chi connectivity index (χ2v) is 5.65. The van der Waals surface area contributed by atoms with Gasteiger partial charge in [-0.2, -0.15) is 0 Å². The number of ether oxygens (including phenoxy) is 1. The Hall–Kier alpha value is -1.51. The maximum Gasteiger partial charge on any atom is 0.226 e. The van der Waals surface area contributed by atoms with Crippen molar-refractivity contribution in [2.45, 2.75) is 46.0 Å². The number of hydrogen-bond donors (Lipinski definition) is 0. The molecule has 2 rings (SSSR count). The fraction of sp³-hybridized carbons (Fsp3) is 0.588. The number of likely N-dealkylation sites (tertiary alicyclic amines) is 1. The number of carbonyl (C=O) groups excluding carboxylic acids is 1. The monoisotopic (exact) mass is 275 g/mol. The van der Waals surface area contributed by atoms with Crippen molar-refractivity contribution in [1.82, 2.24) is 4.90 Å². The Morgan fingerprint density at radius 2 is 1.75 bits per heavy atom. The number of rotatable bonds is 3. The summed E-state index contributed by atoms with van der Waals surface area (Å²) in [6.45, 7) is 5.97. The fourth-order valence-electron chi connectivity index (χ4n) is 2.86. The predicted octanol–water partition coefficient (Wildman–Crippen LogP) is 3.26. The third-order valence-corrected chi connectivity index (χ3v) is 4.37. The van der Waals surface area contributed by atoms with Crippen LogP contribution in [-0.2, 0) is 11.2 Å². The van der Waals surface area contributed by atoms with Crippen molar-refractivity contribution < 1.29 is 9.53 Å². The number of benzene rings is 1. The smallest absolute Gasteiger partial charge is 0.226 e. The Morgan fingerprint density at radius 1 is 1.10 bits per heavy atom. The molecule has 1 aliphatic heterocycles. The van der Waals surface area contributed by atoms with Gasteiger partial charge < -0.3 is 9.64 Å². The zero-order valence-corrected chi connectivity index (χ0v) is 12.9. The van der Waals surface area contributed by atoms with E-state index in [0.29, 0.717) is 6.42 Å². The first-order valence-corrected chi connectivity index (χ1v) is 7.54. The molecular formula is C17H25NO2. The molecule has 3 nitrogen and oxygen atoms in total. The van der Waals surface area contributed by atoms with E-state index in [1.165, 1.54) is 18.4 Å². The van der Waals surface area contributed by atoms with Crippen molar-refractivity contribution in [2.24, 2.45) is 0 Å². The van der Waals surface area contributed by atoms with Crippen molar-refractivity contribution in [3.8, 4) is 5.75 Å². The minimum absolute atomic E-state index is 0.263. The van der Waals surface area contributed by atoms with Crippen molar-refractivity contribution in [1.29, 1.82) is 0 Å². The Balaban J connectivity index is 2.09. The van der Waals surface area contributed by atoms with Gasteiger partial charge in [-0.3, -0.25) is 4.79 Å². The van der Waals surface area contributed by atoms with E-state index in [-0.39, 0.29) is 5.91 Å². The van der Waals surface area contributed by atoms with E-state index in [4.69, 9.17) is 4.74 Å². The van der Waals surface area contributed by atoms with E-state index in [0.717, 1.165) is 42.8 Å². The summed E-state index contributed by atoms with van der Waals surface area (Å²) in [5.74, 6) is 1.16. The molecule has 1 saturated heterocycles. The molecule has 110 valence electrons. The predicted molar refractivity (Wildman–Crippen MR) is 81.2 cm³/mol. The lowest BCUT2D eigenvalue weighted by atomic mass is 9.99. The van der Waals surface area contributed by atoms with Gasteiger partial charge in [0.1, 0.15) is 5.75 Å². The van der Waals surface area contributed by atoms with E-state index in [1.807, 2.05) is 24.0 Å². The first kappa shape index (κ1) is 14.9. The highest BCUT2D eigenvalue weighted by molar-refractivity contribution is 5.79. The van der Waals surface area contributed by atoms with Crippen LogP contribution >= 0.6 is 0 Å². The van der Waals surface area contributed by atoms with E-state index in [1.54, 1.807) is 7.11 Å². The summed E-state index contributed by atoms with van der Waals surface area (Å²) in [7, 11) is 1.68. The molecular weight excluding hydrogens is 250 g/mol. The molecule has 0 atom stereocenters. The van der Waals surface area contributed by atoms with Gasteiger partial charge in [-0.15, -0.1) is 0 Å². The average Bonchev–Trinajstić information content (AvgIpc) is 2.73. The standard InChI is InChI=1S/C17H25NO2/c1-13-14(2)16(20-3)9-8-15(13)12-17(19)18-10-6-4-5-7-11-18/h8-9H,4-7,10-12H2,1-3H3. The first-order valence-electron chi connectivity index (χ1n) is 7.54. The second-order valence-electron chi connectivity index (χ2n) is 5.65. The van der Waals surface area contributed by atoms with E-state index >= 15 is 0 Å². The normalized spacial score (nSPS) is 15.8. The molecule has 1 aromatic rings. The van der Waals surface area contributed by atoms with Crippen molar-refractivity contribution in [3.05, 3.63) is 28.8 Å². The largest absolute Gasteiger partial charge is 0.496 e. The molecule has 1 aliphatic rings. The minimum atomic E-state index is 0.263. The maximum absolute atomic E-state index is 12.4. The molecule has 0 bridgehead atoms. The summed E-state index contributed by atoms with van der Waals surface area (Å²) in [6, 6.07) is 3.99. The number of carbonyl (C=O) groups is 1. The zero-order valence-electron chi connectivity index (χ0n) is 12.9. The molecule has 0 saturated carbocycles. The molecule has 0 radical (unpaired) electrons. The lowest BCUT2D eigenvalue weighted by molar-refractivity contribution is -0.130. The molecule has 0 N–H and O–H groups in total. The molecule has 1 fully saturated rings. The fourth-order valence-corrected chi connectivity index (χ4v) is 2.86. The SMILES string of the molecule is COc1ccc(CC(=O)N2CCCCCC2)c(C)c1C. The summed E-state index contributed by atoms with van der Waals surface area (Å²) < 4.78 is 5.32. The van der Waals surface area contributed by atoms with Gasteiger partial charge in [-0.25, -0.2) is 0 Å². The van der Waals surface area contributed by atoms with Gasteiger partial charge in [-0.05, 0) is 49.4 Å². The quantitative estimate of drug-likeness (QED) is 0.847. The lowest BCUT2D eigenvalue weighted by Crippen LogP contribution is -2.33. The van der Waals surface area contributed by atoms with Crippen molar-refractivity contribution in [3.63, 3.8) is 0 Å². The molecule has 1 aromatic carbocycles. The van der Waals surface area contributed by atoms with Gasteiger partial charge in [0, 0.05) is 13.1 Å². The van der Waals surface area contributed by atoms with Gasteiger partial charge in [0.25, 0.3) is 0 Å². The summed E-state index contributed by atoms with van der Waals surface area (Å²) in [4.78, 5) is 14.5. The highest BCUT2D eigenvalue weighted by Crippen LogP contribution is 2.24. The van der Waals surface area contributed by atoms with Crippen LogP contribution in [0.5, 0.6) is 5.75 Å². The van der Waals surface area contributed by atoms with Crippen molar-refractivity contribution in [2.75, 3.05) is 20.2 Å². The van der Waals surface area contributed by atoms with Crippen LogP contribution in [0.2, 0.25) is 0 Å². The average molecular weight is 275 g/mol. The van der Waals surface area contributed by atoms with E-state index in [9.17, 15) is 4.79 Å². The summed E-state index contributed by atoms with van der Waals surface area (Å²) >= 11 is 0. The topological polar surface area (TPSA) is 29.5 Å². The van der Waals surface area contributed by atoms with Crippen LogP contribution < -0.4 is 4.74 Å². The summed E-state index contributed by atoms with van der Waals surface area (Å²) in [5.41, 5.74) is 3.43. The van der Waals surface area contributed by atoms with Crippen LogP contribution in [0.1, 0.15) is 42.4 Å². The number of nitrogens with zero attached hydrogens (tertiary/aromatic N) is 1. The third kappa shape index (κ3) is 3.33. The Bertz CT molecular complexity index is 474. The van der Waals surface area contributed by atoms with Crippen LogP contribution in [0.25, 0.3) is 0 Å². The molecule has 3 heteroatoms. The summed E-state index contributed by atoms with van der Waals surface area (Å²) in [6.07, 6.45) is 5.31. The van der Waals surface area contributed by atoms with Crippen LogP contribution in [0.15, 0.2) is 12.1 Å². The highest BCUT2D eigenvalue weighted by Gasteiger charge is 2.17. The molecule has 20 heavy (non-hydrogen) atoms. The number of amides is 1. The van der Waals surface area contributed by atoms with E-state index < -0.39 is 0 Å². The van der Waals surface area contributed by atoms with Gasteiger partial charge in [0.05, 0.1) is 13.5 Å². The van der Waals surface area contributed by atoms with Crippen LogP contribution in [-0.4, -0.2) is 31.0 Å². The maximum atomic E-state index is 12.4. The Labute approximate surface area is 121 Å². The third-order valence-electron chi connectivity index (χ3n) is 4.37. The minimum Gasteiger partial charge on any atom is -0.496 e. The first-order chi connectivity index (χ1) is 9.63. The van der Waals surface area contributed by atoms with Crippen molar-refractivity contribution >= 4 is 5.91 Å². The molecule has 0 aromatic heterocycles. The van der Waals surface area contributed by atoms with Crippen LogP contribution in [0.3, 0.4) is 0 Å². The van der Waals surface area contributed by atoms with E-state index in [2.05, 4.69) is 6.92 Å². The molecule has 1 heterocycles.